The second-order valence-electron chi connectivity index (χ2n) is 5.42. The van der Waals surface area contributed by atoms with E-state index in [1.807, 2.05) is 20.8 Å². The molecule has 5 nitrogen and oxygen atoms in total. The summed E-state index contributed by atoms with van der Waals surface area (Å²) in [7, 11) is 0. The number of hydrogen-bond donors (Lipinski definition) is 1. The van der Waals surface area contributed by atoms with Crippen molar-refractivity contribution < 1.29 is 14.3 Å². The lowest BCUT2D eigenvalue weighted by atomic mass is 9.94. The molecular weight excluding hydrogens is 232 g/mol. The van der Waals surface area contributed by atoms with Crippen LogP contribution in [0.5, 0.6) is 0 Å². The summed E-state index contributed by atoms with van der Waals surface area (Å²) < 4.78 is 5.37. The molecule has 0 bridgehead atoms. The van der Waals surface area contributed by atoms with E-state index in [4.69, 9.17) is 4.74 Å². The van der Waals surface area contributed by atoms with Gasteiger partial charge in [0.25, 0.3) is 0 Å². The third-order valence-electron chi connectivity index (χ3n) is 3.78. The summed E-state index contributed by atoms with van der Waals surface area (Å²) in [5, 5.41) is 2.83. The van der Waals surface area contributed by atoms with Crippen molar-refractivity contribution in [1.29, 1.82) is 0 Å². The van der Waals surface area contributed by atoms with E-state index >= 15 is 0 Å². The third-order valence-corrected chi connectivity index (χ3v) is 3.78. The zero-order valence-corrected chi connectivity index (χ0v) is 11.3. The molecule has 3 atom stereocenters. The fraction of sp³-hybridized carbons (Fsp3) is 0.846. The minimum absolute atomic E-state index is 0.0247. The highest BCUT2D eigenvalue weighted by molar-refractivity contribution is 5.97. The molecule has 0 aromatic heterocycles. The van der Waals surface area contributed by atoms with Gasteiger partial charge in [0.05, 0.1) is 12.6 Å². The summed E-state index contributed by atoms with van der Waals surface area (Å²) >= 11 is 0. The van der Waals surface area contributed by atoms with Gasteiger partial charge < -0.3 is 15.0 Å². The number of ether oxygens (including phenoxy) is 1. The van der Waals surface area contributed by atoms with Crippen LogP contribution < -0.4 is 5.32 Å². The van der Waals surface area contributed by atoms with E-state index in [1.165, 1.54) is 0 Å². The highest BCUT2D eigenvalue weighted by atomic mass is 16.5. The van der Waals surface area contributed by atoms with Gasteiger partial charge in [-0.3, -0.25) is 9.59 Å². The molecule has 0 aliphatic carbocycles. The van der Waals surface area contributed by atoms with E-state index in [0.29, 0.717) is 19.6 Å². The van der Waals surface area contributed by atoms with Crippen LogP contribution in [0.15, 0.2) is 0 Å². The lowest BCUT2D eigenvalue weighted by molar-refractivity contribution is -0.154. The molecule has 2 aliphatic heterocycles. The minimum atomic E-state index is -0.368. The third kappa shape index (κ3) is 2.23. The van der Waals surface area contributed by atoms with E-state index in [1.54, 1.807) is 4.90 Å². The highest BCUT2D eigenvalue weighted by Crippen LogP contribution is 2.25. The van der Waals surface area contributed by atoms with Crippen LogP contribution in [-0.2, 0) is 14.3 Å². The molecule has 0 aromatic carbocycles. The van der Waals surface area contributed by atoms with Crippen molar-refractivity contribution >= 4 is 11.8 Å². The van der Waals surface area contributed by atoms with Crippen LogP contribution in [0.4, 0.5) is 0 Å². The summed E-state index contributed by atoms with van der Waals surface area (Å²) in [6.45, 7) is 7.11. The minimum Gasteiger partial charge on any atom is -0.379 e. The summed E-state index contributed by atoms with van der Waals surface area (Å²) in [6.07, 6.45) is 1.47. The van der Waals surface area contributed by atoms with Crippen LogP contribution in [0.3, 0.4) is 0 Å². The van der Waals surface area contributed by atoms with E-state index in [2.05, 4.69) is 5.32 Å². The Bertz CT molecular complexity index is 337. The maximum atomic E-state index is 12.5. The van der Waals surface area contributed by atoms with Gasteiger partial charge in [-0.25, -0.2) is 0 Å². The van der Waals surface area contributed by atoms with Crippen molar-refractivity contribution in [3.05, 3.63) is 0 Å². The first-order valence-electron chi connectivity index (χ1n) is 6.76. The van der Waals surface area contributed by atoms with Crippen LogP contribution in [0.2, 0.25) is 0 Å². The van der Waals surface area contributed by atoms with E-state index < -0.39 is 0 Å². The maximum Gasteiger partial charge on any atom is 0.246 e. The number of rotatable bonds is 3. The van der Waals surface area contributed by atoms with Crippen molar-refractivity contribution in [2.75, 3.05) is 13.2 Å². The van der Waals surface area contributed by atoms with Crippen molar-refractivity contribution in [3.8, 4) is 0 Å². The second kappa shape index (κ2) is 5.26. The molecule has 0 saturated carbocycles. The molecule has 3 unspecified atom stereocenters. The molecule has 2 heterocycles. The van der Waals surface area contributed by atoms with Crippen LogP contribution in [0.25, 0.3) is 0 Å². The number of nitrogens with one attached hydrogen (secondary N) is 1. The summed E-state index contributed by atoms with van der Waals surface area (Å²) in [4.78, 5) is 26.4. The van der Waals surface area contributed by atoms with Gasteiger partial charge in [-0.15, -0.1) is 0 Å². The highest BCUT2D eigenvalue weighted by Gasteiger charge is 2.45. The van der Waals surface area contributed by atoms with Gasteiger partial charge in [-0.2, -0.15) is 0 Å². The molecule has 0 spiro atoms. The Morgan fingerprint density at radius 1 is 1.44 bits per heavy atom. The Hall–Kier alpha value is -1.10. The first-order chi connectivity index (χ1) is 8.56. The molecule has 2 fully saturated rings. The fourth-order valence-electron chi connectivity index (χ4n) is 2.81. The molecule has 2 rings (SSSR count). The monoisotopic (exact) mass is 254 g/mol. The Morgan fingerprint density at radius 3 is 2.67 bits per heavy atom. The molecule has 2 saturated heterocycles. The van der Waals surface area contributed by atoms with Crippen molar-refractivity contribution in [1.82, 2.24) is 10.2 Å². The number of hydrogen-bond acceptors (Lipinski definition) is 3. The first kappa shape index (κ1) is 13.3. The van der Waals surface area contributed by atoms with Gasteiger partial charge in [0.2, 0.25) is 11.8 Å². The van der Waals surface area contributed by atoms with E-state index in [0.717, 1.165) is 6.42 Å². The molecular formula is C13H22N2O3. The number of amides is 2. The summed E-state index contributed by atoms with van der Waals surface area (Å²) in [5.74, 6) is 0.141. The SMILES string of the molecule is CCC1NC(=O)C(C(C)C)N(C2CCOC2)C1=O. The normalized spacial score (nSPS) is 33.1. The smallest absolute Gasteiger partial charge is 0.246 e. The van der Waals surface area contributed by atoms with Crippen LogP contribution in [-0.4, -0.2) is 48.1 Å². The van der Waals surface area contributed by atoms with Gasteiger partial charge in [-0.05, 0) is 18.8 Å². The Morgan fingerprint density at radius 2 is 2.17 bits per heavy atom. The molecule has 1 N–H and O–H groups in total. The standard InChI is InChI=1S/C13H22N2O3/c1-4-10-13(17)15(9-5-6-18-7-9)11(8(2)3)12(16)14-10/h8-11H,4-7H2,1-3H3,(H,14,16). The maximum absolute atomic E-state index is 12.5. The molecule has 0 radical (unpaired) electrons. The van der Waals surface area contributed by atoms with E-state index in [9.17, 15) is 9.59 Å². The largest absolute Gasteiger partial charge is 0.379 e. The number of carbonyl (C=O) groups excluding carboxylic acids is 2. The van der Waals surface area contributed by atoms with Crippen molar-refractivity contribution in [2.24, 2.45) is 5.92 Å². The van der Waals surface area contributed by atoms with Gasteiger partial charge in [-0.1, -0.05) is 20.8 Å². The topological polar surface area (TPSA) is 58.6 Å². The number of carbonyl (C=O) groups is 2. The lowest BCUT2D eigenvalue weighted by Crippen LogP contribution is -2.67. The average Bonchev–Trinajstić information content (AvgIpc) is 2.83. The zero-order valence-electron chi connectivity index (χ0n) is 11.3. The fourth-order valence-corrected chi connectivity index (χ4v) is 2.81. The van der Waals surface area contributed by atoms with Crippen LogP contribution >= 0.6 is 0 Å². The Labute approximate surface area is 108 Å². The summed E-state index contributed by atoms with van der Waals surface area (Å²) in [6, 6.07) is -0.662. The van der Waals surface area contributed by atoms with Crippen LogP contribution in [0, 0.1) is 5.92 Å². The van der Waals surface area contributed by atoms with Crippen molar-refractivity contribution in [3.63, 3.8) is 0 Å². The predicted octanol–water partition coefficient (Wildman–Crippen LogP) is 0.537. The Kier molecular flexibility index (Phi) is 3.90. The second-order valence-corrected chi connectivity index (χ2v) is 5.42. The van der Waals surface area contributed by atoms with Gasteiger partial charge in [0.1, 0.15) is 12.1 Å². The predicted molar refractivity (Wildman–Crippen MR) is 66.9 cm³/mol. The van der Waals surface area contributed by atoms with Crippen molar-refractivity contribution in [2.45, 2.75) is 51.7 Å². The molecule has 102 valence electrons. The van der Waals surface area contributed by atoms with Gasteiger partial charge >= 0.3 is 0 Å². The van der Waals surface area contributed by atoms with Gasteiger partial charge in [0.15, 0.2) is 0 Å². The molecule has 5 heteroatoms. The lowest BCUT2D eigenvalue weighted by Gasteiger charge is -2.43. The molecule has 2 amide bonds. The number of nitrogens with zero attached hydrogens (tertiary/aromatic N) is 1. The first-order valence-corrected chi connectivity index (χ1v) is 6.76. The van der Waals surface area contributed by atoms with E-state index in [-0.39, 0.29) is 35.9 Å². The molecule has 2 aliphatic rings. The number of piperazine rings is 1. The average molecular weight is 254 g/mol. The van der Waals surface area contributed by atoms with Crippen LogP contribution in [0.1, 0.15) is 33.6 Å². The molecule has 0 aromatic rings. The molecule has 18 heavy (non-hydrogen) atoms. The zero-order chi connectivity index (χ0) is 13.3. The van der Waals surface area contributed by atoms with Gasteiger partial charge in [0, 0.05) is 6.61 Å². The quantitative estimate of drug-likeness (QED) is 0.799. The summed E-state index contributed by atoms with van der Waals surface area (Å²) in [5.41, 5.74) is 0. The Balaban J connectivity index is 2.26.